The second kappa shape index (κ2) is 4.21. The number of carboxylic acid groups (broad SMARTS) is 1. The van der Waals surface area contributed by atoms with Crippen molar-refractivity contribution in [3.8, 4) is 0 Å². The van der Waals surface area contributed by atoms with E-state index >= 15 is 0 Å². The topological polar surface area (TPSA) is 74.7 Å². The lowest BCUT2D eigenvalue weighted by atomic mass is 10.0. The molecule has 9 heteroatoms. The average molecular weight is 261 g/mol. The number of piperidine rings is 1. The Morgan fingerprint density at radius 3 is 2.38 bits per heavy atom. The molecule has 0 saturated carbocycles. The third-order valence-electron chi connectivity index (χ3n) is 2.37. The average Bonchev–Trinajstić information content (AvgIpc) is 2.16. The number of hydrogen-bond donors (Lipinski definition) is 1. The van der Waals surface area contributed by atoms with Crippen LogP contribution < -0.4 is 0 Å². The molecule has 0 amide bonds. The molecule has 1 N–H and O–H groups in total. The molecule has 5 nitrogen and oxygen atoms in total. The van der Waals surface area contributed by atoms with Gasteiger partial charge in [0.1, 0.15) is 0 Å². The molecule has 0 radical (unpaired) electrons. The predicted octanol–water partition coefficient (Wildman–Crippen LogP) is 0.633. The van der Waals surface area contributed by atoms with Crippen LogP contribution in [0.4, 0.5) is 13.2 Å². The van der Waals surface area contributed by atoms with E-state index in [0.717, 1.165) is 0 Å². The van der Waals surface area contributed by atoms with Gasteiger partial charge in [-0.3, -0.25) is 4.79 Å². The van der Waals surface area contributed by atoms with Gasteiger partial charge in [-0.25, -0.2) is 8.42 Å². The third-order valence-corrected chi connectivity index (χ3v) is 3.96. The molecule has 94 valence electrons. The summed E-state index contributed by atoms with van der Waals surface area (Å²) in [5, 5.41) is 8.62. The molecule has 1 atom stereocenters. The van der Waals surface area contributed by atoms with E-state index in [1.165, 1.54) is 0 Å². The fourth-order valence-corrected chi connectivity index (χ4v) is 2.55. The Hall–Kier alpha value is -0.830. The van der Waals surface area contributed by atoms with E-state index in [-0.39, 0.29) is 23.7 Å². The number of hydrogen-bond acceptors (Lipinski definition) is 3. The van der Waals surface area contributed by atoms with Gasteiger partial charge in [0, 0.05) is 13.1 Å². The van der Waals surface area contributed by atoms with Gasteiger partial charge in [0.05, 0.1) is 5.92 Å². The first-order chi connectivity index (χ1) is 7.16. The van der Waals surface area contributed by atoms with Crippen LogP contribution in [0.3, 0.4) is 0 Å². The molecule has 1 fully saturated rings. The van der Waals surface area contributed by atoms with Crippen LogP contribution >= 0.6 is 0 Å². The van der Waals surface area contributed by atoms with Crippen molar-refractivity contribution >= 4 is 16.0 Å². The zero-order valence-electron chi connectivity index (χ0n) is 8.07. The van der Waals surface area contributed by atoms with Crippen LogP contribution in [0.2, 0.25) is 0 Å². The Kier molecular flexibility index (Phi) is 3.48. The van der Waals surface area contributed by atoms with E-state index in [0.29, 0.717) is 0 Å². The quantitative estimate of drug-likeness (QED) is 0.791. The number of alkyl halides is 3. The molecule has 0 aromatic carbocycles. The van der Waals surface area contributed by atoms with Crippen molar-refractivity contribution in [2.24, 2.45) is 5.92 Å². The Bertz CT molecular complexity index is 378. The molecule has 0 spiro atoms. The largest absolute Gasteiger partial charge is 0.511 e. The van der Waals surface area contributed by atoms with E-state index < -0.39 is 34.0 Å². The molecular formula is C7H10F3NO4S. The second-order valence-electron chi connectivity index (χ2n) is 3.49. The first-order valence-electron chi connectivity index (χ1n) is 4.45. The monoisotopic (exact) mass is 261 g/mol. The summed E-state index contributed by atoms with van der Waals surface area (Å²) in [7, 11) is -5.40. The summed E-state index contributed by atoms with van der Waals surface area (Å²) in [5.41, 5.74) is -5.37. The van der Waals surface area contributed by atoms with Crippen molar-refractivity contribution < 1.29 is 31.5 Å². The van der Waals surface area contributed by atoms with Crippen molar-refractivity contribution in [1.29, 1.82) is 0 Å². The lowest BCUT2D eigenvalue weighted by Crippen LogP contribution is -2.47. The third kappa shape index (κ3) is 2.46. The normalized spacial score (nSPS) is 24.3. The smallest absolute Gasteiger partial charge is 0.481 e. The Morgan fingerprint density at radius 1 is 1.38 bits per heavy atom. The molecule has 1 aliphatic heterocycles. The van der Waals surface area contributed by atoms with Gasteiger partial charge < -0.3 is 5.11 Å². The van der Waals surface area contributed by atoms with Gasteiger partial charge in [0.15, 0.2) is 0 Å². The van der Waals surface area contributed by atoms with Gasteiger partial charge >= 0.3 is 21.5 Å². The summed E-state index contributed by atoms with van der Waals surface area (Å²) < 4.78 is 58.7. The number of sulfonamides is 1. The first-order valence-corrected chi connectivity index (χ1v) is 5.89. The van der Waals surface area contributed by atoms with Crippen LogP contribution in [0.1, 0.15) is 12.8 Å². The highest BCUT2D eigenvalue weighted by Gasteiger charge is 2.51. The summed E-state index contributed by atoms with van der Waals surface area (Å²) in [4.78, 5) is 10.6. The zero-order chi connectivity index (χ0) is 12.6. The maximum atomic E-state index is 12.2. The van der Waals surface area contributed by atoms with E-state index in [1.54, 1.807) is 0 Å². The van der Waals surface area contributed by atoms with Gasteiger partial charge in [-0.2, -0.15) is 17.5 Å². The first kappa shape index (κ1) is 13.2. The van der Waals surface area contributed by atoms with Crippen LogP contribution in [0.25, 0.3) is 0 Å². The van der Waals surface area contributed by atoms with E-state index in [9.17, 15) is 26.4 Å². The standard InChI is InChI=1S/C7H10F3NO4S/c8-7(9,10)16(14,15)11-3-1-2-5(4-11)6(12)13/h5H,1-4H2,(H,12,13)/t5-/m0/s1. The van der Waals surface area contributed by atoms with Crippen molar-refractivity contribution in [2.75, 3.05) is 13.1 Å². The molecule has 1 aliphatic rings. The maximum absolute atomic E-state index is 12.2. The zero-order valence-corrected chi connectivity index (χ0v) is 8.88. The lowest BCUT2D eigenvalue weighted by molar-refractivity contribution is -0.143. The van der Waals surface area contributed by atoms with E-state index in [2.05, 4.69) is 0 Å². The number of aliphatic carboxylic acids is 1. The van der Waals surface area contributed by atoms with Crippen molar-refractivity contribution in [2.45, 2.75) is 18.3 Å². The fourth-order valence-electron chi connectivity index (χ4n) is 1.51. The van der Waals surface area contributed by atoms with Crippen molar-refractivity contribution in [3.05, 3.63) is 0 Å². The number of halogens is 3. The Labute approximate surface area is 89.9 Å². The van der Waals surface area contributed by atoms with Gasteiger partial charge in [-0.15, -0.1) is 0 Å². The van der Waals surface area contributed by atoms with Gasteiger partial charge in [0.25, 0.3) is 0 Å². The minimum Gasteiger partial charge on any atom is -0.481 e. The lowest BCUT2D eigenvalue weighted by Gasteiger charge is -2.30. The highest BCUT2D eigenvalue weighted by Crippen LogP contribution is 2.30. The molecule has 16 heavy (non-hydrogen) atoms. The van der Waals surface area contributed by atoms with Crippen LogP contribution in [-0.2, 0) is 14.8 Å². The van der Waals surface area contributed by atoms with Crippen LogP contribution in [0, 0.1) is 5.92 Å². The van der Waals surface area contributed by atoms with Crippen LogP contribution in [0.5, 0.6) is 0 Å². The van der Waals surface area contributed by atoms with Crippen molar-refractivity contribution in [1.82, 2.24) is 4.31 Å². The Balaban J connectivity index is 2.87. The number of nitrogens with zero attached hydrogens (tertiary/aromatic N) is 1. The highest BCUT2D eigenvalue weighted by molar-refractivity contribution is 7.90. The van der Waals surface area contributed by atoms with Crippen LogP contribution in [0.15, 0.2) is 0 Å². The fraction of sp³-hybridized carbons (Fsp3) is 0.857. The molecule has 1 saturated heterocycles. The van der Waals surface area contributed by atoms with Gasteiger partial charge in [-0.05, 0) is 12.8 Å². The second-order valence-corrected chi connectivity index (χ2v) is 5.42. The molecule has 1 rings (SSSR count). The molecule has 0 aromatic rings. The molecule has 0 aliphatic carbocycles. The molecule has 0 bridgehead atoms. The number of carbonyl (C=O) groups is 1. The highest BCUT2D eigenvalue weighted by atomic mass is 32.2. The molecule has 0 unspecified atom stereocenters. The Morgan fingerprint density at radius 2 is 1.94 bits per heavy atom. The minimum atomic E-state index is -5.40. The minimum absolute atomic E-state index is 0.117. The SMILES string of the molecule is O=C(O)[C@H]1CCCN(S(=O)(=O)C(F)(F)F)C1. The van der Waals surface area contributed by atoms with Crippen molar-refractivity contribution in [3.63, 3.8) is 0 Å². The molecule has 0 aromatic heterocycles. The summed E-state index contributed by atoms with van der Waals surface area (Å²) in [6.07, 6.45) is 0.311. The van der Waals surface area contributed by atoms with Gasteiger partial charge in [0.2, 0.25) is 0 Å². The number of rotatable bonds is 2. The van der Waals surface area contributed by atoms with Crippen LogP contribution in [-0.4, -0.2) is 42.4 Å². The maximum Gasteiger partial charge on any atom is 0.511 e. The molecular weight excluding hydrogens is 251 g/mol. The predicted molar refractivity (Wildman–Crippen MR) is 46.9 cm³/mol. The van der Waals surface area contributed by atoms with Gasteiger partial charge in [-0.1, -0.05) is 0 Å². The summed E-state index contributed by atoms with van der Waals surface area (Å²) in [6.45, 7) is -0.900. The molecule has 1 heterocycles. The summed E-state index contributed by atoms with van der Waals surface area (Å²) >= 11 is 0. The van der Waals surface area contributed by atoms with E-state index in [4.69, 9.17) is 5.11 Å². The van der Waals surface area contributed by atoms with E-state index in [1.807, 2.05) is 0 Å². The number of carboxylic acids is 1. The summed E-state index contributed by atoms with van der Waals surface area (Å²) in [6, 6.07) is 0. The summed E-state index contributed by atoms with van der Waals surface area (Å²) in [5.74, 6) is -2.34.